The van der Waals surface area contributed by atoms with Gasteiger partial charge in [-0.15, -0.1) is 0 Å². The van der Waals surface area contributed by atoms with Crippen LogP contribution in [0.15, 0.2) is 54.7 Å². The van der Waals surface area contributed by atoms with Crippen LogP contribution in [0.25, 0.3) is 10.9 Å². The number of aromatic nitrogens is 1. The number of hydrogen-bond donors (Lipinski definition) is 2. The van der Waals surface area contributed by atoms with Gasteiger partial charge in [-0.05, 0) is 36.1 Å². The molecule has 1 atom stereocenters. The van der Waals surface area contributed by atoms with Gasteiger partial charge in [0.15, 0.2) is 0 Å². The Labute approximate surface area is 158 Å². The van der Waals surface area contributed by atoms with Crippen LogP contribution in [0.2, 0.25) is 5.02 Å². The van der Waals surface area contributed by atoms with Crippen LogP contribution in [0.5, 0.6) is 0 Å². The van der Waals surface area contributed by atoms with Gasteiger partial charge in [0.1, 0.15) is 0 Å². The summed E-state index contributed by atoms with van der Waals surface area (Å²) in [6, 6.07) is 15.9. The summed E-state index contributed by atoms with van der Waals surface area (Å²) >= 11 is 6.24. The summed E-state index contributed by atoms with van der Waals surface area (Å²) < 4.78 is 0. The van der Waals surface area contributed by atoms with E-state index in [9.17, 15) is 4.79 Å². The summed E-state index contributed by atoms with van der Waals surface area (Å²) in [7, 11) is 0. The molecule has 1 aliphatic heterocycles. The van der Waals surface area contributed by atoms with Crippen LogP contribution >= 0.6 is 11.6 Å². The molecule has 0 aliphatic carbocycles. The third-order valence-corrected chi connectivity index (χ3v) is 5.46. The average molecular weight is 368 g/mol. The van der Waals surface area contributed by atoms with Crippen molar-refractivity contribution in [1.82, 2.24) is 15.2 Å². The molecule has 3 aromatic rings. The van der Waals surface area contributed by atoms with E-state index in [1.54, 1.807) is 0 Å². The number of nitrogens with zero attached hydrogens (tertiary/aromatic N) is 1. The van der Waals surface area contributed by atoms with E-state index in [0.717, 1.165) is 35.6 Å². The fourth-order valence-electron chi connectivity index (χ4n) is 3.65. The quantitative estimate of drug-likeness (QED) is 0.726. The zero-order valence-corrected chi connectivity index (χ0v) is 15.3. The molecule has 134 valence electrons. The minimum absolute atomic E-state index is 0.172. The summed E-state index contributed by atoms with van der Waals surface area (Å²) in [4.78, 5) is 18.2. The zero-order valence-electron chi connectivity index (χ0n) is 14.5. The number of carbonyl (C=O) groups excluding carboxylic acids is 1. The van der Waals surface area contributed by atoms with Crippen LogP contribution in [-0.4, -0.2) is 41.5 Å². The Morgan fingerprint density at radius 2 is 1.88 bits per heavy atom. The Bertz CT molecular complexity index is 920. The lowest BCUT2D eigenvalue weighted by atomic mass is 10.0. The first kappa shape index (κ1) is 17.1. The largest absolute Gasteiger partial charge is 0.361 e. The third-order valence-electron chi connectivity index (χ3n) is 5.09. The number of H-pyrrole nitrogens is 1. The molecular weight excluding hydrogens is 346 g/mol. The van der Waals surface area contributed by atoms with Gasteiger partial charge in [0, 0.05) is 41.8 Å². The van der Waals surface area contributed by atoms with Gasteiger partial charge >= 0.3 is 0 Å². The lowest BCUT2D eigenvalue weighted by molar-refractivity contribution is -0.135. The number of rotatable bonds is 5. The molecule has 0 bridgehead atoms. The lowest BCUT2D eigenvalue weighted by Crippen LogP contribution is -2.56. The second kappa shape index (κ2) is 7.52. The highest BCUT2D eigenvalue weighted by atomic mass is 35.5. The maximum atomic E-state index is 12.9. The van der Waals surface area contributed by atoms with E-state index in [1.807, 2.05) is 47.5 Å². The van der Waals surface area contributed by atoms with Crippen molar-refractivity contribution in [3.05, 3.63) is 70.9 Å². The van der Waals surface area contributed by atoms with E-state index in [4.69, 9.17) is 11.6 Å². The molecule has 1 aliphatic rings. The minimum atomic E-state index is -0.172. The van der Waals surface area contributed by atoms with Crippen LogP contribution in [0.3, 0.4) is 0 Å². The topological polar surface area (TPSA) is 48.1 Å². The number of para-hydroxylation sites is 1. The smallest absolute Gasteiger partial charge is 0.240 e. The summed E-state index contributed by atoms with van der Waals surface area (Å²) in [6.07, 6.45) is 3.50. The first-order valence-corrected chi connectivity index (χ1v) is 9.41. The van der Waals surface area contributed by atoms with Crippen LogP contribution in [0, 0.1) is 0 Å². The molecule has 1 fully saturated rings. The molecule has 2 aromatic carbocycles. The Morgan fingerprint density at radius 3 is 2.77 bits per heavy atom. The molecule has 2 N–H and O–H groups in total. The van der Waals surface area contributed by atoms with Gasteiger partial charge in [0.05, 0.1) is 6.04 Å². The Kier molecular flexibility index (Phi) is 4.96. The molecule has 0 saturated carbocycles. The second-order valence-electron chi connectivity index (χ2n) is 6.74. The number of aromatic amines is 1. The second-order valence-corrected chi connectivity index (χ2v) is 7.14. The van der Waals surface area contributed by atoms with Crippen molar-refractivity contribution in [3.63, 3.8) is 0 Å². The molecular formula is C21H22ClN3O. The zero-order chi connectivity index (χ0) is 17.9. The Hall–Kier alpha value is -2.30. The fourth-order valence-corrected chi connectivity index (χ4v) is 3.88. The first-order valence-electron chi connectivity index (χ1n) is 9.03. The fraction of sp³-hybridized carbons (Fsp3) is 0.286. The van der Waals surface area contributed by atoms with Gasteiger partial charge in [-0.2, -0.15) is 0 Å². The van der Waals surface area contributed by atoms with Crippen LogP contribution < -0.4 is 5.32 Å². The highest BCUT2D eigenvalue weighted by Gasteiger charge is 2.28. The molecule has 1 aromatic heterocycles. The number of nitrogens with one attached hydrogen (secondary N) is 2. The van der Waals surface area contributed by atoms with Gasteiger partial charge in [0.25, 0.3) is 0 Å². The highest BCUT2D eigenvalue weighted by molar-refractivity contribution is 6.31. The summed E-state index contributed by atoms with van der Waals surface area (Å²) in [5.74, 6) is 0.175. The number of halogens is 1. The summed E-state index contributed by atoms with van der Waals surface area (Å²) in [6.45, 7) is 2.27. The molecule has 5 heteroatoms. The molecule has 1 saturated heterocycles. The Morgan fingerprint density at radius 1 is 1.08 bits per heavy atom. The summed E-state index contributed by atoms with van der Waals surface area (Å²) in [5, 5.41) is 5.34. The van der Waals surface area contributed by atoms with Crippen molar-refractivity contribution >= 4 is 28.4 Å². The molecule has 1 amide bonds. The average Bonchev–Trinajstić information content (AvgIpc) is 3.07. The number of fused-ring (bicyclic) bond motifs is 1. The van der Waals surface area contributed by atoms with E-state index in [0.29, 0.717) is 13.0 Å². The number of piperazine rings is 1. The van der Waals surface area contributed by atoms with E-state index < -0.39 is 0 Å². The number of carbonyl (C=O) groups is 1. The first-order chi connectivity index (χ1) is 12.7. The monoisotopic (exact) mass is 367 g/mol. The molecule has 4 rings (SSSR count). The number of hydrogen-bond acceptors (Lipinski definition) is 2. The van der Waals surface area contributed by atoms with Gasteiger partial charge in [0.2, 0.25) is 5.91 Å². The minimum Gasteiger partial charge on any atom is -0.361 e. The van der Waals surface area contributed by atoms with E-state index >= 15 is 0 Å². The van der Waals surface area contributed by atoms with Gasteiger partial charge in [-0.3, -0.25) is 4.79 Å². The van der Waals surface area contributed by atoms with Gasteiger partial charge in [-0.25, -0.2) is 0 Å². The van der Waals surface area contributed by atoms with Gasteiger partial charge in [-0.1, -0.05) is 48.0 Å². The van der Waals surface area contributed by atoms with Crippen molar-refractivity contribution in [3.8, 4) is 0 Å². The molecule has 26 heavy (non-hydrogen) atoms. The SMILES string of the molecule is O=C1C(Cc2c[nH]c3ccccc23)NCCN1CCc1ccccc1Cl. The van der Waals surface area contributed by atoms with Crippen LogP contribution in [0.1, 0.15) is 11.1 Å². The van der Waals surface area contributed by atoms with Crippen molar-refractivity contribution in [1.29, 1.82) is 0 Å². The molecule has 4 nitrogen and oxygen atoms in total. The molecule has 1 unspecified atom stereocenters. The normalized spacial score (nSPS) is 17.8. The van der Waals surface area contributed by atoms with Crippen molar-refractivity contribution in [2.24, 2.45) is 0 Å². The van der Waals surface area contributed by atoms with E-state index in [2.05, 4.69) is 22.4 Å². The predicted octanol–water partition coefficient (Wildman–Crippen LogP) is 3.41. The van der Waals surface area contributed by atoms with Gasteiger partial charge < -0.3 is 15.2 Å². The lowest BCUT2D eigenvalue weighted by Gasteiger charge is -2.33. The number of amides is 1. The van der Waals surface area contributed by atoms with Crippen LogP contribution in [0.4, 0.5) is 0 Å². The number of benzene rings is 2. The van der Waals surface area contributed by atoms with Crippen molar-refractivity contribution in [2.75, 3.05) is 19.6 Å². The Balaban J connectivity index is 1.43. The maximum absolute atomic E-state index is 12.9. The predicted molar refractivity (Wildman–Crippen MR) is 106 cm³/mol. The molecule has 0 spiro atoms. The summed E-state index contributed by atoms with van der Waals surface area (Å²) in [5.41, 5.74) is 3.38. The van der Waals surface area contributed by atoms with E-state index in [1.165, 1.54) is 10.9 Å². The molecule has 0 radical (unpaired) electrons. The van der Waals surface area contributed by atoms with Crippen molar-refractivity contribution in [2.45, 2.75) is 18.9 Å². The maximum Gasteiger partial charge on any atom is 0.240 e. The highest BCUT2D eigenvalue weighted by Crippen LogP contribution is 2.21. The van der Waals surface area contributed by atoms with Crippen molar-refractivity contribution < 1.29 is 4.79 Å². The van der Waals surface area contributed by atoms with Crippen LogP contribution in [-0.2, 0) is 17.6 Å². The van der Waals surface area contributed by atoms with E-state index in [-0.39, 0.29) is 11.9 Å². The standard InChI is InChI=1S/C21H22ClN3O/c22-18-7-3-1-5-15(18)9-11-25-12-10-23-20(21(25)26)13-16-14-24-19-8-4-2-6-17(16)19/h1-8,14,20,23-24H,9-13H2. The molecule has 2 heterocycles. The third kappa shape index (κ3) is 3.48.